The van der Waals surface area contributed by atoms with Gasteiger partial charge in [0.25, 0.3) is 0 Å². The highest BCUT2D eigenvalue weighted by atomic mass is 35.5. The first-order chi connectivity index (χ1) is 7.65. The molecule has 0 aliphatic heterocycles. The molecule has 0 aliphatic rings. The van der Waals surface area contributed by atoms with Gasteiger partial charge in [-0.2, -0.15) is 0 Å². The van der Waals surface area contributed by atoms with E-state index < -0.39 is 0 Å². The van der Waals surface area contributed by atoms with Gasteiger partial charge in [-0.25, -0.2) is 0 Å². The monoisotopic (exact) mass is 289 g/mol. The molecule has 0 aliphatic carbocycles. The maximum Gasteiger partial charge on any atom is 0.0931 e. The van der Waals surface area contributed by atoms with Gasteiger partial charge in [0, 0.05) is 21.2 Å². The van der Waals surface area contributed by atoms with Crippen molar-refractivity contribution in [3.05, 3.63) is 44.6 Å². The van der Waals surface area contributed by atoms with Crippen molar-refractivity contribution in [1.29, 1.82) is 0 Å². The number of hydrogen-bond donors (Lipinski definition) is 1. The number of anilines is 1. The average Bonchev–Trinajstić information content (AvgIpc) is 2.63. The van der Waals surface area contributed by atoms with E-state index in [1.165, 1.54) is 4.88 Å². The van der Waals surface area contributed by atoms with Crippen molar-refractivity contribution in [3.8, 4) is 0 Å². The summed E-state index contributed by atoms with van der Waals surface area (Å²) >= 11 is 15.2. The molecule has 0 saturated heterocycles. The molecule has 84 valence electrons. The SMILES string of the molecule is Nc1ccc(SCc2ccc(Cl)s2)c(Cl)c1. The molecule has 16 heavy (non-hydrogen) atoms. The summed E-state index contributed by atoms with van der Waals surface area (Å²) in [6, 6.07) is 9.51. The second-order valence-corrected chi connectivity index (χ2v) is 6.41. The Labute approximate surface area is 113 Å². The van der Waals surface area contributed by atoms with Gasteiger partial charge in [-0.05, 0) is 30.3 Å². The number of benzene rings is 1. The number of thiophene rings is 1. The van der Waals surface area contributed by atoms with Gasteiger partial charge in [0.2, 0.25) is 0 Å². The Bertz CT molecular complexity index is 496. The van der Waals surface area contributed by atoms with Crippen LogP contribution < -0.4 is 5.73 Å². The third-order valence-corrected chi connectivity index (χ3v) is 4.92. The van der Waals surface area contributed by atoms with Gasteiger partial charge in [-0.1, -0.05) is 23.2 Å². The summed E-state index contributed by atoms with van der Waals surface area (Å²) in [4.78, 5) is 2.28. The van der Waals surface area contributed by atoms with Gasteiger partial charge >= 0.3 is 0 Å². The van der Waals surface area contributed by atoms with Crippen LogP contribution in [0.5, 0.6) is 0 Å². The lowest BCUT2D eigenvalue weighted by Gasteiger charge is -2.03. The van der Waals surface area contributed by atoms with E-state index in [1.54, 1.807) is 29.2 Å². The normalized spacial score (nSPS) is 10.6. The highest BCUT2D eigenvalue weighted by molar-refractivity contribution is 7.98. The predicted molar refractivity (Wildman–Crippen MR) is 74.8 cm³/mol. The van der Waals surface area contributed by atoms with Crippen LogP contribution in [0, 0.1) is 0 Å². The van der Waals surface area contributed by atoms with Crippen molar-refractivity contribution in [1.82, 2.24) is 0 Å². The number of nitrogen functional groups attached to an aromatic ring is 1. The summed E-state index contributed by atoms with van der Waals surface area (Å²) in [5.74, 6) is 0.876. The van der Waals surface area contributed by atoms with Crippen LogP contribution in [0.25, 0.3) is 0 Å². The minimum atomic E-state index is 0.688. The molecule has 0 atom stereocenters. The van der Waals surface area contributed by atoms with Gasteiger partial charge in [-0.3, -0.25) is 0 Å². The zero-order valence-corrected chi connectivity index (χ0v) is 11.4. The molecule has 0 fully saturated rings. The third-order valence-electron chi connectivity index (χ3n) is 1.95. The van der Waals surface area contributed by atoms with Crippen LogP contribution in [0.3, 0.4) is 0 Å². The Morgan fingerprint density at radius 1 is 1.19 bits per heavy atom. The zero-order valence-electron chi connectivity index (χ0n) is 8.24. The maximum absolute atomic E-state index is 6.08. The van der Waals surface area contributed by atoms with Gasteiger partial charge in [-0.15, -0.1) is 23.1 Å². The fourth-order valence-corrected chi connectivity index (χ4v) is 3.62. The summed E-state index contributed by atoms with van der Waals surface area (Å²) in [6.45, 7) is 0. The molecular formula is C11H9Cl2NS2. The summed E-state index contributed by atoms with van der Waals surface area (Å²) in [6.07, 6.45) is 0. The second kappa shape index (κ2) is 5.32. The predicted octanol–water partition coefficient (Wildman–Crippen LogP) is 4.93. The number of halogens is 2. The number of thioether (sulfide) groups is 1. The van der Waals surface area contributed by atoms with Crippen molar-refractivity contribution in [3.63, 3.8) is 0 Å². The van der Waals surface area contributed by atoms with Crippen LogP contribution in [-0.4, -0.2) is 0 Å². The lowest BCUT2D eigenvalue weighted by molar-refractivity contribution is 1.43. The first-order valence-corrected chi connectivity index (χ1v) is 7.13. The number of hydrogen-bond acceptors (Lipinski definition) is 3. The van der Waals surface area contributed by atoms with Crippen molar-refractivity contribution >= 4 is 52.0 Å². The standard InChI is InChI=1S/C11H9Cl2NS2/c12-9-5-7(14)1-3-10(9)15-6-8-2-4-11(13)16-8/h1-5H,6,14H2. The van der Waals surface area contributed by atoms with Crippen LogP contribution in [0.2, 0.25) is 9.36 Å². The molecule has 2 rings (SSSR count). The minimum absolute atomic E-state index is 0.688. The van der Waals surface area contributed by atoms with Crippen molar-refractivity contribution in [2.45, 2.75) is 10.6 Å². The Kier molecular flexibility index (Phi) is 4.03. The average molecular weight is 290 g/mol. The summed E-state index contributed by atoms with van der Waals surface area (Å²) in [5, 5.41) is 0.702. The van der Waals surface area contributed by atoms with Gasteiger partial charge in [0.05, 0.1) is 9.36 Å². The first-order valence-electron chi connectivity index (χ1n) is 4.57. The van der Waals surface area contributed by atoms with Crippen LogP contribution in [-0.2, 0) is 5.75 Å². The van der Waals surface area contributed by atoms with E-state index in [9.17, 15) is 0 Å². The van der Waals surface area contributed by atoms with Gasteiger partial charge in [0.1, 0.15) is 0 Å². The molecule has 2 aromatic rings. The lowest BCUT2D eigenvalue weighted by atomic mass is 10.3. The van der Waals surface area contributed by atoms with E-state index in [0.29, 0.717) is 10.7 Å². The molecule has 0 bridgehead atoms. The molecule has 1 nitrogen and oxygen atoms in total. The topological polar surface area (TPSA) is 26.0 Å². The second-order valence-electron chi connectivity index (χ2n) is 3.18. The fraction of sp³-hybridized carbons (Fsp3) is 0.0909. The van der Waals surface area contributed by atoms with Crippen molar-refractivity contribution in [2.75, 3.05) is 5.73 Å². The van der Waals surface area contributed by atoms with Crippen LogP contribution in [0.15, 0.2) is 35.2 Å². The largest absolute Gasteiger partial charge is 0.399 e. The molecule has 1 aromatic carbocycles. The quantitative estimate of drug-likeness (QED) is 0.640. The summed E-state index contributed by atoms with van der Waals surface area (Å²) in [7, 11) is 0. The zero-order chi connectivity index (χ0) is 11.5. The number of nitrogens with two attached hydrogens (primary N) is 1. The molecule has 0 saturated carbocycles. The molecule has 5 heteroatoms. The number of rotatable bonds is 3. The van der Waals surface area contributed by atoms with Crippen LogP contribution >= 0.6 is 46.3 Å². The highest BCUT2D eigenvalue weighted by Gasteiger charge is 2.03. The Hall–Kier alpha value is -0.350. The molecule has 0 spiro atoms. The molecule has 2 N–H and O–H groups in total. The molecular weight excluding hydrogens is 281 g/mol. The first kappa shape index (κ1) is 12.1. The fourth-order valence-electron chi connectivity index (χ4n) is 1.21. The summed E-state index contributed by atoms with van der Waals surface area (Å²) in [5.41, 5.74) is 6.32. The molecule has 1 aromatic heterocycles. The van der Waals surface area contributed by atoms with E-state index in [0.717, 1.165) is 15.0 Å². The van der Waals surface area contributed by atoms with Crippen molar-refractivity contribution in [2.24, 2.45) is 0 Å². The Balaban J connectivity index is 2.04. The van der Waals surface area contributed by atoms with Crippen molar-refractivity contribution < 1.29 is 0 Å². The minimum Gasteiger partial charge on any atom is -0.399 e. The molecule has 0 amide bonds. The van der Waals surface area contributed by atoms with Crippen LogP contribution in [0.4, 0.5) is 5.69 Å². The van der Waals surface area contributed by atoms with E-state index in [4.69, 9.17) is 28.9 Å². The highest BCUT2D eigenvalue weighted by Crippen LogP contribution is 2.33. The van der Waals surface area contributed by atoms with E-state index in [2.05, 4.69) is 0 Å². The maximum atomic E-state index is 6.08. The van der Waals surface area contributed by atoms with Gasteiger partial charge < -0.3 is 5.73 Å². The smallest absolute Gasteiger partial charge is 0.0931 e. The molecule has 0 radical (unpaired) electrons. The third kappa shape index (κ3) is 3.08. The Morgan fingerprint density at radius 3 is 2.62 bits per heavy atom. The Morgan fingerprint density at radius 2 is 2.00 bits per heavy atom. The molecule has 0 unspecified atom stereocenters. The van der Waals surface area contributed by atoms with E-state index >= 15 is 0 Å². The van der Waals surface area contributed by atoms with Crippen LogP contribution in [0.1, 0.15) is 4.88 Å². The lowest BCUT2D eigenvalue weighted by Crippen LogP contribution is -1.84. The van der Waals surface area contributed by atoms with E-state index in [-0.39, 0.29) is 0 Å². The molecule has 1 heterocycles. The van der Waals surface area contributed by atoms with E-state index in [1.807, 2.05) is 24.3 Å². The summed E-state index contributed by atoms with van der Waals surface area (Å²) < 4.78 is 0.819. The van der Waals surface area contributed by atoms with Gasteiger partial charge in [0.15, 0.2) is 0 Å².